The van der Waals surface area contributed by atoms with Crippen molar-refractivity contribution in [3.63, 3.8) is 0 Å². The summed E-state index contributed by atoms with van der Waals surface area (Å²) >= 11 is 0. The van der Waals surface area contributed by atoms with E-state index in [0.29, 0.717) is 47.6 Å². The Morgan fingerprint density at radius 3 is 1.55 bits per heavy atom. The van der Waals surface area contributed by atoms with Crippen molar-refractivity contribution < 1.29 is 23.7 Å². The van der Waals surface area contributed by atoms with Crippen molar-refractivity contribution in [2.75, 3.05) is 27.4 Å². The number of methoxy groups -OCH3 is 2. The largest absolute Gasteiger partial charge is 0.493 e. The molecule has 4 aromatic rings. The van der Waals surface area contributed by atoms with Gasteiger partial charge in [0.05, 0.1) is 26.9 Å². The van der Waals surface area contributed by atoms with Crippen molar-refractivity contribution in [3.05, 3.63) is 144 Å². The lowest BCUT2D eigenvalue weighted by Crippen LogP contribution is -2.50. The fourth-order valence-corrected chi connectivity index (χ4v) is 13.9. The molecule has 0 heterocycles. The van der Waals surface area contributed by atoms with Crippen LogP contribution in [0, 0.1) is 11.8 Å². The van der Waals surface area contributed by atoms with Crippen LogP contribution in [0.2, 0.25) is 16.6 Å². The highest BCUT2D eigenvalue weighted by atomic mass is 28.4. The van der Waals surface area contributed by atoms with E-state index in [4.69, 9.17) is 18.6 Å². The number of benzene rings is 4. The fraction of sp³-hybridized carbons (Fsp3) is 0.422. The Hall–Kier alpha value is -3.68. The number of allylic oxidation sites excluding steroid dienone is 1. The summed E-state index contributed by atoms with van der Waals surface area (Å²) in [5.74, 6) is 1.17. The molecule has 3 atom stereocenters. The average Bonchev–Trinajstić information content (AvgIpc) is 3.15. The molecule has 0 saturated carbocycles. The molecule has 51 heavy (non-hydrogen) atoms. The van der Waals surface area contributed by atoms with Crippen LogP contribution in [0.3, 0.4) is 0 Å². The first-order chi connectivity index (χ1) is 24.6. The van der Waals surface area contributed by atoms with E-state index in [2.05, 4.69) is 133 Å². The first-order valence-electron chi connectivity index (χ1n) is 18.5. The van der Waals surface area contributed by atoms with Crippen LogP contribution in [0.25, 0.3) is 0 Å². The SMILES string of the molecule is C=CC[C@H](CO)C[C@@H](COC(c1ccccc1)(c1ccccc1)c1ccccc1)[C@H](O[Si](C(C)C)(C(C)C)C(C)C)c1ccc(OC)c(OC)c1. The van der Waals surface area contributed by atoms with E-state index in [0.717, 1.165) is 22.3 Å². The van der Waals surface area contributed by atoms with Gasteiger partial charge in [-0.15, -0.1) is 6.58 Å². The third-order valence-electron chi connectivity index (χ3n) is 10.7. The van der Waals surface area contributed by atoms with Gasteiger partial charge in [0.1, 0.15) is 5.60 Å². The summed E-state index contributed by atoms with van der Waals surface area (Å²) in [7, 11) is 0.892. The fourth-order valence-electron chi connectivity index (χ4n) is 8.28. The van der Waals surface area contributed by atoms with Gasteiger partial charge in [-0.1, -0.05) is 145 Å². The van der Waals surface area contributed by atoms with Crippen molar-refractivity contribution >= 4 is 8.32 Å². The van der Waals surface area contributed by atoms with Gasteiger partial charge in [0.15, 0.2) is 11.5 Å². The molecule has 0 aliphatic rings. The van der Waals surface area contributed by atoms with Crippen LogP contribution in [0.4, 0.5) is 0 Å². The van der Waals surface area contributed by atoms with Crippen molar-refractivity contribution in [2.24, 2.45) is 11.8 Å². The van der Waals surface area contributed by atoms with Crippen LogP contribution >= 0.6 is 0 Å². The molecule has 6 heteroatoms. The highest BCUT2D eigenvalue weighted by Gasteiger charge is 2.49. The lowest BCUT2D eigenvalue weighted by atomic mass is 9.79. The summed E-state index contributed by atoms with van der Waals surface area (Å²) in [5, 5.41) is 10.7. The molecule has 0 radical (unpaired) electrons. The topological polar surface area (TPSA) is 57.2 Å². The van der Waals surface area contributed by atoms with Gasteiger partial charge in [0.25, 0.3) is 0 Å². The monoisotopic (exact) mass is 708 g/mol. The lowest BCUT2D eigenvalue weighted by molar-refractivity contribution is -0.0443. The molecule has 0 unspecified atom stereocenters. The van der Waals surface area contributed by atoms with E-state index in [1.54, 1.807) is 14.2 Å². The number of aliphatic hydroxyl groups excluding tert-OH is 1. The summed E-state index contributed by atoms with van der Waals surface area (Å²) in [5.41, 5.74) is 4.33. The summed E-state index contributed by atoms with van der Waals surface area (Å²) in [6.07, 6.45) is 2.92. The number of rotatable bonds is 20. The molecule has 0 saturated heterocycles. The number of ether oxygens (including phenoxy) is 3. The van der Waals surface area contributed by atoms with E-state index in [1.165, 1.54) is 0 Å². The van der Waals surface area contributed by atoms with Gasteiger partial charge in [-0.2, -0.15) is 0 Å². The second-order valence-corrected chi connectivity index (χ2v) is 20.0. The summed E-state index contributed by atoms with van der Waals surface area (Å²) in [6.45, 7) is 18.4. The van der Waals surface area contributed by atoms with Crippen LogP contribution < -0.4 is 9.47 Å². The van der Waals surface area contributed by atoms with Crippen molar-refractivity contribution in [1.82, 2.24) is 0 Å². The average molecular weight is 709 g/mol. The number of hydrogen-bond acceptors (Lipinski definition) is 5. The molecular weight excluding hydrogens is 649 g/mol. The maximum absolute atomic E-state index is 10.7. The Labute approximate surface area is 308 Å². The van der Waals surface area contributed by atoms with Crippen LogP contribution in [0.1, 0.15) is 82.7 Å². The summed E-state index contributed by atoms with van der Waals surface area (Å²) in [4.78, 5) is 0. The molecule has 0 bridgehead atoms. The van der Waals surface area contributed by atoms with Crippen LogP contribution in [-0.2, 0) is 14.8 Å². The first kappa shape index (κ1) is 40.1. The van der Waals surface area contributed by atoms with Crippen molar-refractivity contribution in [1.29, 1.82) is 0 Å². The minimum atomic E-state index is -2.44. The zero-order valence-corrected chi connectivity index (χ0v) is 33.0. The van der Waals surface area contributed by atoms with E-state index >= 15 is 0 Å². The van der Waals surface area contributed by atoms with E-state index < -0.39 is 13.9 Å². The molecule has 0 aliphatic carbocycles. The number of hydrogen-bond donors (Lipinski definition) is 1. The quantitative estimate of drug-likeness (QED) is 0.0563. The van der Waals surface area contributed by atoms with Gasteiger partial charge in [0.2, 0.25) is 8.32 Å². The molecular formula is C45H60O5Si. The van der Waals surface area contributed by atoms with Crippen LogP contribution in [-0.4, -0.2) is 40.9 Å². The third kappa shape index (κ3) is 8.86. The molecule has 4 aromatic carbocycles. The minimum absolute atomic E-state index is 0.0184. The molecule has 4 rings (SSSR count). The van der Waals surface area contributed by atoms with Crippen molar-refractivity contribution in [2.45, 2.75) is 82.7 Å². The third-order valence-corrected chi connectivity index (χ3v) is 16.7. The standard InChI is InChI=1S/C45H60O5Si/c1-10-20-36(31-46)29-38(44(37-27-28-42(47-8)43(30-37)48-9)50-51(33(2)3,34(4)5)35(6)7)32-49-45(39-21-14-11-15-22-39,40-23-16-12-17-24-40)41-25-18-13-19-26-41/h10-19,21-28,30,33-36,38,44,46H,1,20,29,31-32H2,2-9H3/t36-,38-,44+/m0/s1. The van der Waals surface area contributed by atoms with Crippen molar-refractivity contribution in [3.8, 4) is 11.5 Å². The van der Waals surface area contributed by atoms with Crippen LogP contribution in [0.5, 0.6) is 11.5 Å². The normalized spacial score (nSPS) is 14.0. The predicted octanol–water partition coefficient (Wildman–Crippen LogP) is 11.1. The molecule has 0 aliphatic heterocycles. The second kappa shape index (κ2) is 18.7. The van der Waals surface area contributed by atoms with Gasteiger partial charge in [-0.05, 0) is 69.8 Å². The zero-order valence-electron chi connectivity index (χ0n) is 32.0. The van der Waals surface area contributed by atoms with E-state index in [9.17, 15) is 5.11 Å². The molecule has 5 nitrogen and oxygen atoms in total. The van der Waals surface area contributed by atoms with Gasteiger partial charge >= 0.3 is 0 Å². The molecule has 1 N–H and O–H groups in total. The molecule has 0 amide bonds. The Kier molecular flexibility index (Phi) is 14.7. The Bertz CT molecular complexity index is 1490. The molecule has 0 aromatic heterocycles. The first-order valence-corrected chi connectivity index (χ1v) is 20.6. The molecule has 0 spiro atoms. The van der Waals surface area contributed by atoms with Gasteiger partial charge in [-0.25, -0.2) is 0 Å². The zero-order chi connectivity index (χ0) is 37.0. The Balaban J connectivity index is 1.98. The molecule has 0 fully saturated rings. The van der Waals surface area contributed by atoms with Crippen LogP contribution in [0.15, 0.2) is 122 Å². The maximum Gasteiger partial charge on any atom is 0.201 e. The Morgan fingerprint density at radius 2 is 1.16 bits per heavy atom. The summed E-state index contributed by atoms with van der Waals surface area (Å²) in [6, 6.07) is 37.7. The maximum atomic E-state index is 10.7. The predicted molar refractivity (Wildman–Crippen MR) is 213 cm³/mol. The van der Waals surface area contributed by atoms with Gasteiger partial charge < -0.3 is 23.7 Å². The summed E-state index contributed by atoms with van der Waals surface area (Å²) < 4.78 is 26.9. The molecule has 274 valence electrons. The highest BCUT2D eigenvalue weighted by molar-refractivity contribution is 6.77. The van der Waals surface area contributed by atoms with Gasteiger partial charge in [-0.3, -0.25) is 0 Å². The lowest BCUT2D eigenvalue weighted by Gasteiger charge is -2.47. The Morgan fingerprint density at radius 1 is 0.686 bits per heavy atom. The second-order valence-electron chi connectivity index (χ2n) is 14.6. The minimum Gasteiger partial charge on any atom is -0.493 e. The highest BCUT2D eigenvalue weighted by Crippen LogP contribution is 2.49. The smallest absolute Gasteiger partial charge is 0.201 e. The van der Waals surface area contributed by atoms with E-state index in [-0.39, 0.29) is 24.5 Å². The van der Waals surface area contributed by atoms with Gasteiger partial charge in [0, 0.05) is 12.5 Å². The number of aliphatic hydroxyl groups is 1. The van der Waals surface area contributed by atoms with E-state index in [1.807, 2.05) is 30.3 Å².